The van der Waals surface area contributed by atoms with Crippen molar-refractivity contribution in [1.82, 2.24) is 0 Å². The number of nitrogens with one attached hydrogen (secondary N) is 2. The van der Waals surface area contributed by atoms with Crippen LogP contribution in [0.3, 0.4) is 0 Å². The summed E-state index contributed by atoms with van der Waals surface area (Å²) in [4.78, 5) is 23.3. The number of carbonyl (C=O) groups excluding carboxylic acids is 2. The summed E-state index contributed by atoms with van der Waals surface area (Å²) in [5.74, 6) is -0.0455. The van der Waals surface area contributed by atoms with Crippen molar-refractivity contribution in [2.24, 2.45) is 0 Å². The summed E-state index contributed by atoms with van der Waals surface area (Å²) in [6.45, 7) is 8.60. The van der Waals surface area contributed by atoms with Crippen LogP contribution in [-0.4, -0.2) is 18.2 Å². The van der Waals surface area contributed by atoms with Crippen molar-refractivity contribution < 1.29 is 9.59 Å². The Morgan fingerprint density at radius 1 is 0.960 bits per heavy atom. The molecule has 0 aliphatic heterocycles. The molecule has 0 unspecified atom stereocenters. The number of anilines is 2. The molecule has 2 rings (SSSR count). The molecule has 132 valence electrons. The van der Waals surface area contributed by atoms with Gasteiger partial charge in [0.1, 0.15) is 0 Å². The Morgan fingerprint density at radius 2 is 1.60 bits per heavy atom. The molecule has 2 N–H and O–H groups in total. The van der Waals surface area contributed by atoms with Crippen LogP contribution in [0.1, 0.15) is 50.0 Å². The average molecular weight is 338 g/mol. The molecule has 0 saturated heterocycles. The molecule has 0 aliphatic carbocycles. The third-order valence-corrected chi connectivity index (χ3v) is 3.98. The zero-order chi connectivity index (χ0) is 18.4. The van der Waals surface area contributed by atoms with Crippen molar-refractivity contribution in [2.75, 3.05) is 17.2 Å². The van der Waals surface area contributed by atoms with E-state index in [9.17, 15) is 9.59 Å². The first-order valence-electron chi connectivity index (χ1n) is 8.51. The first-order valence-corrected chi connectivity index (χ1v) is 8.51. The summed E-state index contributed by atoms with van der Waals surface area (Å²) >= 11 is 0. The molecular formula is C21H26N2O2. The van der Waals surface area contributed by atoms with E-state index in [0.29, 0.717) is 24.2 Å². The second-order valence-corrected chi connectivity index (χ2v) is 7.15. The summed E-state index contributed by atoms with van der Waals surface area (Å²) in [6, 6.07) is 15.1. The normalized spacial score (nSPS) is 11.0. The molecule has 4 heteroatoms. The van der Waals surface area contributed by atoms with Gasteiger partial charge in [0.15, 0.2) is 5.78 Å². The molecule has 25 heavy (non-hydrogen) atoms. The lowest BCUT2D eigenvalue weighted by Gasteiger charge is -2.23. The maximum absolute atomic E-state index is 12.1. The number of hydrogen-bond donors (Lipinski definition) is 2. The van der Waals surface area contributed by atoms with E-state index in [1.807, 2.05) is 18.2 Å². The van der Waals surface area contributed by atoms with E-state index >= 15 is 0 Å². The van der Waals surface area contributed by atoms with E-state index < -0.39 is 0 Å². The summed E-state index contributed by atoms with van der Waals surface area (Å²) in [5, 5.41) is 6.20. The SMILES string of the molecule is CC(=O)c1ccc(NC(=O)CCNc2ccccc2C(C)(C)C)cc1. The summed E-state index contributed by atoms with van der Waals surface area (Å²) in [7, 11) is 0. The fraction of sp³-hybridized carbons (Fsp3) is 0.333. The smallest absolute Gasteiger partial charge is 0.226 e. The molecule has 0 aromatic heterocycles. The number of hydrogen-bond acceptors (Lipinski definition) is 3. The Kier molecular flexibility index (Phi) is 5.97. The molecule has 2 aromatic rings. The lowest BCUT2D eigenvalue weighted by molar-refractivity contribution is -0.115. The highest BCUT2D eigenvalue weighted by Crippen LogP contribution is 2.29. The van der Waals surface area contributed by atoms with Gasteiger partial charge in [0.25, 0.3) is 0 Å². The average Bonchev–Trinajstić information content (AvgIpc) is 2.55. The van der Waals surface area contributed by atoms with E-state index in [1.54, 1.807) is 24.3 Å². The van der Waals surface area contributed by atoms with Gasteiger partial charge in [-0.05, 0) is 48.2 Å². The first-order chi connectivity index (χ1) is 11.8. The van der Waals surface area contributed by atoms with Gasteiger partial charge < -0.3 is 10.6 Å². The van der Waals surface area contributed by atoms with Crippen molar-refractivity contribution in [3.8, 4) is 0 Å². The summed E-state index contributed by atoms with van der Waals surface area (Å²) in [5.41, 5.74) is 3.68. The zero-order valence-electron chi connectivity index (χ0n) is 15.3. The number of Topliss-reactive ketones (excluding diaryl/α,β-unsaturated/α-hetero) is 1. The van der Waals surface area contributed by atoms with Crippen molar-refractivity contribution in [2.45, 2.75) is 39.5 Å². The van der Waals surface area contributed by atoms with E-state index in [1.165, 1.54) is 12.5 Å². The third kappa shape index (κ3) is 5.45. The predicted octanol–water partition coefficient (Wildman–Crippen LogP) is 4.63. The monoisotopic (exact) mass is 338 g/mol. The minimum Gasteiger partial charge on any atom is -0.384 e. The van der Waals surface area contributed by atoms with Gasteiger partial charge in [0, 0.05) is 29.9 Å². The van der Waals surface area contributed by atoms with E-state index in [2.05, 4.69) is 37.5 Å². The molecule has 0 spiro atoms. The van der Waals surface area contributed by atoms with Crippen molar-refractivity contribution in [3.05, 3.63) is 59.7 Å². The molecule has 0 heterocycles. The maximum Gasteiger partial charge on any atom is 0.226 e. The standard InChI is InChI=1S/C21H26N2O2/c1-15(24)16-9-11-17(12-10-16)23-20(25)13-14-22-19-8-6-5-7-18(19)21(2,3)4/h5-12,22H,13-14H2,1-4H3,(H,23,25). The van der Waals surface area contributed by atoms with Crippen molar-refractivity contribution >= 4 is 23.1 Å². The largest absolute Gasteiger partial charge is 0.384 e. The number of amides is 1. The van der Waals surface area contributed by atoms with Crippen LogP contribution in [0, 0.1) is 0 Å². The van der Waals surface area contributed by atoms with Crippen molar-refractivity contribution in [3.63, 3.8) is 0 Å². The minimum absolute atomic E-state index is 0.0135. The van der Waals surface area contributed by atoms with Gasteiger partial charge in [-0.1, -0.05) is 39.0 Å². The first kappa shape index (κ1) is 18.7. The number of benzene rings is 2. The van der Waals surface area contributed by atoms with Crippen LogP contribution in [-0.2, 0) is 10.2 Å². The Morgan fingerprint density at radius 3 is 2.20 bits per heavy atom. The maximum atomic E-state index is 12.1. The molecular weight excluding hydrogens is 312 g/mol. The Hall–Kier alpha value is -2.62. The molecule has 0 atom stereocenters. The lowest BCUT2D eigenvalue weighted by atomic mass is 9.86. The quantitative estimate of drug-likeness (QED) is 0.755. The van der Waals surface area contributed by atoms with E-state index in [0.717, 1.165) is 5.69 Å². The molecule has 4 nitrogen and oxygen atoms in total. The number of ketones is 1. The highest BCUT2D eigenvalue weighted by molar-refractivity contribution is 5.95. The molecule has 0 radical (unpaired) electrons. The second-order valence-electron chi connectivity index (χ2n) is 7.15. The van der Waals surface area contributed by atoms with Gasteiger partial charge in [0.05, 0.1) is 0 Å². The molecule has 1 amide bonds. The molecule has 0 saturated carbocycles. The van der Waals surface area contributed by atoms with Crippen LogP contribution in [0.15, 0.2) is 48.5 Å². The fourth-order valence-corrected chi connectivity index (χ4v) is 2.61. The number of carbonyl (C=O) groups is 2. The Labute approximate surface area is 149 Å². The molecule has 0 bridgehead atoms. The predicted molar refractivity (Wildman–Crippen MR) is 103 cm³/mol. The molecule has 2 aromatic carbocycles. The van der Waals surface area contributed by atoms with E-state index in [4.69, 9.17) is 0 Å². The van der Waals surface area contributed by atoms with Crippen LogP contribution in [0.5, 0.6) is 0 Å². The van der Waals surface area contributed by atoms with Gasteiger partial charge in [-0.15, -0.1) is 0 Å². The topological polar surface area (TPSA) is 58.2 Å². The minimum atomic E-state index is -0.0590. The second kappa shape index (κ2) is 7.97. The van der Waals surface area contributed by atoms with Crippen LogP contribution in [0.4, 0.5) is 11.4 Å². The third-order valence-electron chi connectivity index (χ3n) is 3.98. The van der Waals surface area contributed by atoms with Gasteiger partial charge in [-0.2, -0.15) is 0 Å². The Bertz CT molecular complexity index is 743. The van der Waals surface area contributed by atoms with Crippen molar-refractivity contribution in [1.29, 1.82) is 0 Å². The van der Waals surface area contributed by atoms with E-state index in [-0.39, 0.29) is 17.1 Å². The van der Waals surface area contributed by atoms with Crippen LogP contribution >= 0.6 is 0 Å². The fourth-order valence-electron chi connectivity index (χ4n) is 2.61. The molecule has 0 aliphatic rings. The summed E-state index contributed by atoms with van der Waals surface area (Å²) in [6.07, 6.45) is 0.368. The van der Waals surface area contributed by atoms with Gasteiger partial charge >= 0.3 is 0 Å². The van der Waals surface area contributed by atoms with Crippen LogP contribution < -0.4 is 10.6 Å². The number of rotatable bonds is 6. The highest BCUT2D eigenvalue weighted by atomic mass is 16.1. The highest BCUT2D eigenvalue weighted by Gasteiger charge is 2.17. The van der Waals surface area contributed by atoms with Gasteiger partial charge in [-0.25, -0.2) is 0 Å². The number of para-hydroxylation sites is 1. The van der Waals surface area contributed by atoms with Gasteiger partial charge in [0.2, 0.25) is 5.91 Å². The van der Waals surface area contributed by atoms with Crippen LogP contribution in [0.2, 0.25) is 0 Å². The van der Waals surface area contributed by atoms with Gasteiger partial charge in [-0.3, -0.25) is 9.59 Å². The zero-order valence-corrected chi connectivity index (χ0v) is 15.3. The Balaban J connectivity index is 1.88. The molecule has 0 fully saturated rings. The van der Waals surface area contributed by atoms with Crippen LogP contribution in [0.25, 0.3) is 0 Å². The lowest BCUT2D eigenvalue weighted by Crippen LogP contribution is -2.19. The summed E-state index contributed by atoms with van der Waals surface area (Å²) < 4.78 is 0.